The van der Waals surface area contributed by atoms with Crippen molar-refractivity contribution >= 4 is 11.6 Å². The second kappa shape index (κ2) is 6.97. The fourth-order valence-electron chi connectivity index (χ4n) is 2.56. The summed E-state index contributed by atoms with van der Waals surface area (Å²) in [4.78, 5) is 0. The number of ether oxygens (including phenoxy) is 1. The van der Waals surface area contributed by atoms with Crippen LogP contribution in [0.3, 0.4) is 0 Å². The van der Waals surface area contributed by atoms with Gasteiger partial charge in [-0.2, -0.15) is 0 Å². The molecule has 0 aliphatic carbocycles. The van der Waals surface area contributed by atoms with Crippen molar-refractivity contribution in [3.05, 3.63) is 63.7 Å². The molecule has 21 heavy (non-hydrogen) atoms. The zero-order valence-corrected chi connectivity index (χ0v) is 13.8. The summed E-state index contributed by atoms with van der Waals surface area (Å²) in [7, 11) is 1.70. The highest BCUT2D eigenvalue weighted by Gasteiger charge is 2.15. The van der Waals surface area contributed by atoms with E-state index in [0.717, 1.165) is 28.4 Å². The zero-order chi connectivity index (χ0) is 15.4. The monoisotopic (exact) mass is 303 g/mol. The quantitative estimate of drug-likeness (QED) is 0.867. The SMILES string of the molecule is CCNC(c1ccc(Cl)c(C)c1)c1ccc(OC)c(C)c1. The van der Waals surface area contributed by atoms with Crippen molar-refractivity contribution in [3.63, 3.8) is 0 Å². The van der Waals surface area contributed by atoms with Crippen LogP contribution in [0.15, 0.2) is 36.4 Å². The molecule has 1 unspecified atom stereocenters. The van der Waals surface area contributed by atoms with Gasteiger partial charge < -0.3 is 10.1 Å². The standard InChI is InChI=1S/C18H22ClNO/c1-5-20-18(14-6-8-16(19)12(2)10-14)15-7-9-17(21-4)13(3)11-15/h6-11,18,20H,5H2,1-4H3. The van der Waals surface area contributed by atoms with Crippen molar-refractivity contribution in [1.29, 1.82) is 0 Å². The maximum absolute atomic E-state index is 6.14. The lowest BCUT2D eigenvalue weighted by Gasteiger charge is -2.21. The maximum atomic E-state index is 6.14. The highest BCUT2D eigenvalue weighted by Crippen LogP contribution is 2.28. The molecule has 2 aromatic carbocycles. The molecule has 2 rings (SSSR count). The van der Waals surface area contributed by atoms with Crippen LogP contribution in [0, 0.1) is 13.8 Å². The predicted molar refractivity (Wildman–Crippen MR) is 89.4 cm³/mol. The van der Waals surface area contributed by atoms with Crippen molar-refractivity contribution in [2.45, 2.75) is 26.8 Å². The van der Waals surface area contributed by atoms with Gasteiger partial charge in [0.05, 0.1) is 13.2 Å². The number of methoxy groups -OCH3 is 1. The number of hydrogen-bond donors (Lipinski definition) is 1. The number of rotatable bonds is 5. The maximum Gasteiger partial charge on any atom is 0.121 e. The number of aryl methyl sites for hydroxylation is 2. The minimum Gasteiger partial charge on any atom is -0.496 e. The van der Waals surface area contributed by atoms with Crippen molar-refractivity contribution < 1.29 is 4.74 Å². The van der Waals surface area contributed by atoms with E-state index in [2.05, 4.69) is 43.4 Å². The van der Waals surface area contributed by atoms with Gasteiger partial charge in [0.2, 0.25) is 0 Å². The van der Waals surface area contributed by atoms with E-state index in [0.29, 0.717) is 0 Å². The fourth-order valence-corrected chi connectivity index (χ4v) is 2.68. The van der Waals surface area contributed by atoms with Crippen LogP contribution in [-0.4, -0.2) is 13.7 Å². The summed E-state index contributed by atoms with van der Waals surface area (Å²) < 4.78 is 5.34. The first kappa shape index (κ1) is 15.9. The number of benzene rings is 2. The molecule has 112 valence electrons. The van der Waals surface area contributed by atoms with Gasteiger partial charge in [-0.05, 0) is 54.8 Å². The van der Waals surface area contributed by atoms with E-state index in [4.69, 9.17) is 16.3 Å². The van der Waals surface area contributed by atoms with E-state index in [1.807, 2.05) is 19.1 Å². The van der Waals surface area contributed by atoms with Crippen LogP contribution < -0.4 is 10.1 Å². The summed E-state index contributed by atoms with van der Waals surface area (Å²) in [5.74, 6) is 0.918. The summed E-state index contributed by atoms with van der Waals surface area (Å²) in [6, 6.07) is 12.7. The first-order valence-corrected chi connectivity index (χ1v) is 7.58. The van der Waals surface area contributed by atoms with Gasteiger partial charge in [-0.1, -0.05) is 42.8 Å². The minimum absolute atomic E-state index is 0.163. The average Bonchev–Trinajstić information content (AvgIpc) is 2.48. The van der Waals surface area contributed by atoms with Crippen molar-refractivity contribution in [1.82, 2.24) is 5.32 Å². The van der Waals surface area contributed by atoms with Crippen molar-refractivity contribution in [2.75, 3.05) is 13.7 Å². The van der Waals surface area contributed by atoms with Gasteiger partial charge in [-0.3, -0.25) is 0 Å². The van der Waals surface area contributed by atoms with Crippen molar-refractivity contribution in [3.8, 4) is 5.75 Å². The third-order valence-corrected chi connectivity index (χ3v) is 4.10. The van der Waals surface area contributed by atoms with Gasteiger partial charge in [0, 0.05) is 5.02 Å². The Balaban J connectivity index is 2.42. The summed E-state index contributed by atoms with van der Waals surface area (Å²) in [6.07, 6.45) is 0. The molecular formula is C18H22ClNO. The molecule has 0 fully saturated rings. The predicted octanol–water partition coefficient (Wildman–Crippen LogP) is 4.66. The zero-order valence-electron chi connectivity index (χ0n) is 13.0. The Morgan fingerprint density at radius 2 is 1.67 bits per heavy atom. The van der Waals surface area contributed by atoms with Gasteiger partial charge in [-0.15, -0.1) is 0 Å². The summed E-state index contributed by atoms with van der Waals surface area (Å²) >= 11 is 6.14. The van der Waals surface area contributed by atoms with Gasteiger partial charge in [0.25, 0.3) is 0 Å². The van der Waals surface area contributed by atoms with E-state index in [9.17, 15) is 0 Å². The third kappa shape index (κ3) is 3.58. The molecule has 0 radical (unpaired) electrons. The molecular weight excluding hydrogens is 282 g/mol. The van der Waals surface area contributed by atoms with E-state index < -0.39 is 0 Å². The highest BCUT2D eigenvalue weighted by molar-refractivity contribution is 6.31. The second-order valence-electron chi connectivity index (χ2n) is 5.23. The van der Waals surface area contributed by atoms with Crippen LogP contribution in [0.2, 0.25) is 5.02 Å². The Morgan fingerprint density at radius 1 is 1.05 bits per heavy atom. The van der Waals surface area contributed by atoms with Gasteiger partial charge in [-0.25, -0.2) is 0 Å². The molecule has 0 saturated heterocycles. The molecule has 1 N–H and O–H groups in total. The number of nitrogens with one attached hydrogen (secondary N) is 1. The van der Waals surface area contributed by atoms with Crippen molar-refractivity contribution in [2.24, 2.45) is 0 Å². The van der Waals surface area contributed by atoms with E-state index in [-0.39, 0.29) is 6.04 Å². The normalized spacial score (nSPS) is 12.2. The Hall–Kier alpha value is -1.51. The van der Waals surface area contributed by atoms with Crippen LogP contribution in [0.5, 0.6) is 5.75 Å². The molecule has 0 heterocycles. The topological polar surface area (TPSA) is 21.3 Å². The lowest BCUT2D eigenvalue weighted by atomic mass is 9.96. The summed E-state index contributed by atoms with van der Waals surface area (Å²) in [6.45, 7) is 7.12. The molecule has 1 atom stereocenters. The summed E-state index contributed by atoms with van der Waals surface area (Å²) in [5.41, 5.74) is 4.70. The van der Waals surface area contributed by atoms with Crippen LogP contribution >= 0.6 is 11.6 Å². The molecule has 2 nitrogen and oxygen atoms in total. The lowest BCUT2D eigenvalue weighted by Crippen LogP contribution is -2.22. The molecule has 0 aliphatic heterocycles. The number of hydrogen-bond acceptors (Lipinski definition) is 2. The van der Waals surface area contributed by atoms with Crippen LogP contribution in [0.1, 0.15) is 35.2 Å². The Labute approximate surface area is 132 Å². The Morgan fingerprint density at radius 3 is 2.19 bits per heavy atom. The van der Waals surface area contributed by atoms with Crippen LogP contribution in [0.4, 0.5) is 0 Å². The first-order valence-electron chi connectivity index (χ1n) is 7.20. The van der Waals surface area contributed by atoms with Gasteiger partial charge in [0.15, 0.2) is 0 Å². The average molecular weight is 304 g/mol. The van der Waals surface area contributed by atoms with Gasteiger partial charge >= 0.3 is 0 Å². The molecule has 2 aromatic rings. The number of halogens is 1. The largest absolute Gasteiger partial charge is 0.496 e. The van der Waals surface area contributed by atoms with Crippen LogP contribution in [0.25, 0.3) is 0 Å². The first-order chi connectivity index (χ1) is 10.1. The Bertz CT molecular complexity index is 625. The Kier molecular flexibility index (Phi) is 5.27. The second-order valence-corrected chi connectivity index (χ2v) is 5.64. The molecule has 0 aliphatic rings. The van der Waals surface area contributed by atoms with Crippen LogP contribution in [-0.2, 0) is 0 Å². The van der Waals surface area contributed by atoms with E-state index in [1.165, 1.54) is 11.1 Å². The smallest absolute Gasteiger partial charge is 0.121 e. The molecule has 0 amide bonds. The van der Waals surface area contributed by atoms with E-state index >= 15 is 0 Å². The summed E-state index contributed by atoms with van der Waals surface area (Å²) in [5, 5.41) is 4.35. The molecule has 0 bridgehead atoms. The molecule has 0 spiro atoms. The fraction of sp³-hybridized carbons (Fsp3) is 0.333. The molecule has 3 heteroatoms. The highest BCUT2D eigenvalue weighted by atomic mass is 35.5. The van der Waals surface area contributed by atoms with E-state index in [1.54, 1.807) is 7.11 Å². The lowest BCUT2D eigenvalue weighted by molar-refractivity contribution is 0.411. The third-order valence-electron chi connectivity index (χ3n) is 3.68. The molecule has 0 aromatic heterocycles. The minimum atomic E-state index is 0.163. The van der Waals surface area contributed by atoms with Gasteiger partial charge in [0.1, 0.15) is 5.75 Å². The molecule has 0 saturated carbocycles.